The molecule has 0 nitrogen and oxygen atoms in total. The molecule has 0 radical (unpaired) electrons. The van der Waals surface area contributed by atoms with Crippen LogP contribution in [-0.2, 0) is 22.9 Å². The van der Waals surface area contributed by atoms with Gasteiger partial charge in [0.05, 0.1) is 0 Å². The monoisotopic (exact) mass is 308 g/mol. The van der Waals surface area contributed by atoms with Crippen LogP contribution >= 0.6 is 0 Å². The zero-order chi connectivity index (χ0) is 4.12. The van der Waals surface area contributed by atoms with E-state index in [4.69, 9.17) is 0 Å². The molecule has 0 heterocycles. The molecule has 0 spiro atoms. The third-order valence-electron chi connectivity index (χ3n) is 0.500. The molecule has 0 atom stereocenters. The predicted octanol–water partition coefficient (Wildman–Crippen LogP) is -4.05. The Bertz CT molecular complexity index is 17.2. The van der Waals surface area contributed by atoms with E-state index >= 15 is 0 Å². The summed E-state index contributed by atoms with van der Waals surface area (Å²) in [4.78, 5) is 0. The van der Waals surface area contributed by atoms with Crippen molar-refractivity contribution < 1.29 is 47.7 Å². The molecule has 0 fully saturated rings. The van der Waals surface area contributed by atoms with E-state index in [0.29, 0.717) is 0 Å². The molecule has 0 bridgehead atoms. The number of halogens is 2. The molecule has 0 saturated heterocycles. The van der Waals surface area contributed by atoms with Crippen LogP contribution in [0.2, 0.25) is 8.35 Å². The van der Waals surface area contributed by atoms with Gasteiger partial charge >= 0.3 is 45.1 Å². The molecular weight excluding hydrogens is 297 g/mol. The van der Waals surface area contributed by atoms with E-state index in [1.54, 1.807) is 0 Å². The summed E-state index contributed by atoms with van der Waals surface area (Å²) in [6.45, 7) is 4.60. The van der Waals surface area contributed by atoms with Gasteiger partial charge in [0.15, 0.2) is 0 Å². The van der Waals surface area contributed by atoms with Gasteiger partial charge in [-0.3, -0.25) is 0 Å². The van der Waals surface area contributed by atoms with Crippen molar-refractivity contribution in [1.82, 2.24) is 0 Å². The Labute approximate surface area is 69.6 Å². The summed E-state index contributed by atoms with van der Waals surface area (Å²) in [7, 11) is 0. The Hall–Kier alpha value is 1.45. The molecule has 0 aliphatic heterocycles. The van der Waals surface area contributed by atoms with Crippen LogP contribution in [0.4, 0.5) is 0 Å². The number of hydrogen-bond acceptors (Lipinski definition) is 0. The van der Waals surface area contributed by atoms with E-state index in [-0.39, 0.29) is 47.7 Å². The first-order valence-electron chi connectivity index (χ1n) is 2.12. The predicted molar refractivity (Wildman–Crippen MR) is 21.0 cm³/mol. The van der Waals surface area contributed by atoms with Crippen LogP contribution in [0.3, 0.4) is 0 Å². The SMILES string of the molecule is C[CH2][Hf+2][CH2]C.[Cl-].[Cl-]. The second-order valence-electron chi connectivity index (χ2n) is 0.957. The van der Waals surface area contributed by atoms with E-state index < -0.39 is 0 Å². The first kappa shape index (κ1) is 15.8. The maximum atomic E-state index is 2.30. The van der Waals surface area contributed by atoms with Crippen LogP contribution < -0.4 is 24.8 Å². The molecule has 0 rings (SSSR count). The Balaban J connectivity index is -0.0000000800. The van der Waals surface area contributed by atoms with Gasteiger partial charge < -0.3 is 24.8 Å². The van der Waals surface area contributed by atoms with Crippen molar-refractivity contribution in [2.24, 2.45) is 0 Å². The molecule has 0 N–H and O–H groups in total. The third kappa shape index (κ3) is 18.6. The molecule has 0 aliphatic carbocycles. The van der Waals surface area contributed by atoms with Gasteiger partial charge in [-0.1, -0.05) is 0 Å². The van der Waals surface area contributed by atoms with E-state index in [9.17, 15) is 0 Å². The molecule has 0 unspecified atom stereocenters. The van der Waals surface area contributed by atoms with Crippen LogP contribution in [-0.4, -0.2) is 0 Å². The van der Waals surface area contributed by atoms with Gasteiger partial charge in [0.25, 0.3) is 0 Å². The molecule has 0 aromatic heterocycles. The molecule has 0 aliphatic rings. The minimum Gasteiger partial charge on any atom is -1.00 e. The summed E-state index contributed by atoms with van der Waals surface area (Å²) in [5.74, 6) is 0. The van der Waals surface area contributed by atoms with Gasteiger partial charge in [0, 0.05) is 0 Å². The largest absolute Gasteiger partial charge is 1.00 e. The fourth-order valence-corrected chi connectivity index (χ4v) is 2.05. The fraction of sp³-hybridized carbons (Fsp3) is 1.00. The van der Waals surface area contributed by atoms with Crippen LogP contribution in [0.15, 0.2) is 0 Å². The maximum Gasteiger partial charge on any atom is -1.00 e. The van der Waals surface area contributed by atoms with Crippen molar-refractivity contribution in [2.75, 3.05) is 0 Å². The van der Waals surface area contributed by atoms with Crippen molar-refractivity contribution in [3.8, 4) is 0 Å². The van der Waals surface area contributed by atoms with Crippen LogP contribution in [0, 0.1) is 0 Å². The van der Waals surface area contributed by atoms with Crippen molar-refractivity contribution in [3.05, 3.63) is 0 Å². The van der Waals surface area contributed by atoms with E-state index in [0.717, 1.165) is 0 Å². The summed E-state index contributed by atoms with van der Waals surface area (Å²) in [6, 6.07) is 0. The summed E-state index contributed by atoms with van der Waals surface area (Å²) in [5.41, 5.74) is 0. The Morgan fingerprint density at radius 1 is 1.00 bits per heavy atom. The second-order valence-corrected chi connectivity index (χ2v) is 7.83. The van der Waals surface area contributed by atoms with Crippen molar-refractivity contribution >= 4 is 0 Å². The molecule has 0 saturated carbocycles. The number of rotatable bonds is 2. The number of hydrogen-bond donors (Lipinski definition) is 0. The summed E-state index contributed by atoms with van der Waals surface area (Å²) in [6.07, 6.45) is 0. The van der Waals surface area contributed by atoms with Crippen LogP contribution in [0.25, 0.3) is 0 Å². The van der Waals surface area contributed by atoms with Gasteiger partial charge in [0.1, 0.15) is 0 Å². The van der Waals surface area contributed by atoms with E-state index in [1.807, 2.05) is 0 Å². The minimum absolute atomic E-state index is 0. The first-order valence-corrected chi connectivity index (χ1v) is 7.20. The van der Waals surface area contributed by atoms with Crippen LogP contribution in [0.1, 0.15) is 13.8 Å². The third-order valence-corrected chi connectivity index (χ3v) is 4.09. The summed E-state index contributed by atoms with van der Waals surface area (Å²) < 4.78 is 3.08. The van der Waals surface area contributed by atoms with Gasteiger partial charge in [-0.2, -0.15) is 0 Å². The fourth-order valence-electron chi connectivity index (χ4n) is 0.250. The van der Waals surface area contributed by atoms with Gasteiger partial charge in [-0.15, -0.1) is 0 Å². The zero-order valence-electron chi connectivity index (χ0n) is 4.67. The van der Waals surface area contributed by atoms with Gasteiger partial charge in [-0.05, 0) is 0 Å². The maximum absolute atomic E-state index is 2.30. The molecule has 0 amide bonds. The zero-order valence-corrected chi connectivity index (χ0v) is 9.77. The Kier molecular flexibility index (Phi) is 35.3. The van der Waals surface area contributed by atoms with Crippen LogP contribution in [0.5, 0.6) is 0 Å². The minimum atomic E-state index is 0. The molecule has 44 valence electrons. The smallest absolute Gasteiger partial charge is 1.00 e. The normalized spacial score (nSPS) is 4.86. The molecular formula is C4H10Cl2Hf. The van der Waals surface area contributed by atoms with E-state index in [2.05, 4.69) is 13.8 Å². The average molecular weight is 308 g/mol. The van der Waals surface area contributed by atoms with Gasteiger partial charge in [-0.25, -0.2) is 0 Å². The van der Waals surface area contributed by atoms with Crippen molar-refractivity contribution in [2.45, 2.75) is 22.2 Å². The topological polar surface area (TPSA) is 0 Å². The average Bonchev–Trinajstić information content (AvgIpc) is 1.41. The molecule has 0 aromatic carbocycles. The van der Waals surface area contributed by atoms with Crippen molar-refractivity contribution in [1.29, 1.82) is 0 Å². The molecule has 0 aromatic rings. The Morgan fingerprint density at radius 3 is 1.29 bits per heavy atom. The Morgan fingerprint density at radius 2 is 1.29 bits per heavy atom. The standard InChI is InChI=1S/2C2H5.2ClH.Hf/c2*1-2;;;/h2*1H2,2H3;2*1H;/q;;;;+2/p-2. The summed E-state index contributed by atoms with van der Waals surface area (Å²) >= 11 is 0.0494. The quantitative estimate of drug-likeness (QED) is 0.456. The molecule has 7 heavy (non-hydrogen) atoms. The van der Waals surface area contributed by atoms with E-state index in [1.165, 1.54) is 8.35 Å². The van der Waals surface area contributed by atoms with Gasteiger partial charge in [0.2, 0.25) is 0 Å². The first-order chi connectivity index (χ1) is 2.41. The summed E-state index contributed by atoms with van der Waals surface area (Å²) in [5, 5.41) is 0. The molecule has 3 heteroatoms. The van der Waals surface area contributed by atoms with Crippen molar-refractivity contribution in [3.63, 3.8) is 0 Å². The second kappa shape index (κ2) is 15.7.